The summed E-state index contributed by atoms with van der Waals surface area (Å²) in [5, 5.41) is 16.1. The maximum absolute atomic E-state index is 10.5. The van der Waals surface area contributed by atoms with Gasteiger partial charge in [0.05, 0.1) is 9.77 Å². The first kappa shape index (κ1) is 10.1. The second-order valence-corrected chi connectivity index (χ2v) is 4.09. The van der Waals surface area contributed by atoms with Crippen molar-refractivity contribution in [3.63, 3.8) is 0 Å². The van der Waals surface area contributed by atoms with Gasteiger partial charge in [0.1, 0.15) is 6.54 Å². The maximum Gasteiger partial charge on any atom is 0.358 e. The topological polar surface area (TPSA) is 81.1 Å². The standard InChI is InChI=1S/C8H6IN3O3/c9-5-2-10-12(3-5)4-6-1-7(8(13)14)11-15-6/h1-3H,4H2,(H,13,14). The zero-order valence-electron chi connectivity index (χ0n) is 7.42. The van der Waals surface area contributed by atoms with Crippen LogP contribution in [0.15, 0.2) is 23.0 Å². The van der Waals surface area contributed by atoms with Gasteiger partial charge in [0.2, 0.25) is 0 Å². The van der Waals surface area contributed by atoms with E-state index in [0.29, 0.717) is 12.3 Å². The summed E-state index contributed by atoms with van der Waals surface area (Å²) in [7, 11) is 0. The Morgan fingerprint density at radius 2 is 2.47 bits per heavy atom. The smallest absolute Gasteiger partial charge is 0.358 e. The first-order valence-electron chi connectivity index (χ1n) is 4.02. The maximum atomic E-state index is 10.5. The van der Waals surface area contributed by atoms with Gasteiger partial charge in [0.25, 0.3) is 0 Å². The Hall–Kier alpha value is -1.38. The molecule has 2 aromatic heterocycles. The minimum atomic E-state index is -1.10. The van der Waals surface area contributed by atoms with E-state index in [9.17, 15) is 4.79 Å². The molecule has 1 N–H and O–H groups in total. The Balaban J connectivity index is 2.14. The molecule has 0 atom stereocenters. The van der Waals surface area contributed by atoms with Crippen LogP contribution in [0, 0.1) is 3.57 Å². The van der Waals surface area contributed by atoms with Crippen molar-refractivity contribution in [3.05, 3.63) is 33.5 Å². The predicted octanol–water partition coefficient (Wildman–Crippen LogP) is 1.22. The lowest BCUT2D eigenvalue weighted by atomic mass is 10.3. The molecule has 0 aromatic carbocycles. The van der Waals surface area contributed by atoms with E-state index < -0.39 is 5.97 Å². The van der Waals surface area contributed by atoms with E-state index in [2.05, 4.69) is 32.8 Å². The van der Waals surface area contributed by atoms with Crippen LogP contribution in [-0.4, -0.2) is 26.0 Å². The number of aromatic carboxylic acids is 1. The fraction of sp³-hybridized carbons (Fsp3) is 0.125. The Bertz CT molecular complexity index is 491. The second-order valence-electron chi connectivity index (χ2n) is 2.84. The van der Waals surface area contributed by atoms with Crippen LogP contribution in [0.5, 0.6) is 0 Å². The van der Waals surface area contributed by atoms with Gasteiger partial charge in [-0.3, -0.25) is 4.68 Å². The van der Waals surface area contributed by atoms with Crippen molar-refractivity contribution in [2.45, 2.75) is 6.54 Å². The van der Waals surface area contributed by atoms with Gasteiger partial charge in [0, 0.05) is 12.3 Å². The molecule has 0 saturated carbocycles. The van der Waals surface area contributed by atoms with Crippen LogP contribution in [0.4, 0.5) is 0 Å². The SMILES string of the molecule is O=C(O)c1cc(Cn2cc(I)cn2)on1. The van der Waals surface area contributed by atoms with E-state index in [-0.39, 0.29) is 5.69 Å². The van der Waals surface area contributed by atoms with Crippen molar-refractivity contribution < 1.29 is 14.4 Å². The normalized spacial score (nSPS) is 10.5. The van der Waals surface area contributed by atoms with Crippen LogP contribution in [0.25, 0.3) is 0 Å². The summed E-state index contributed by atoms with van der Waals surface area (Å²) in [6.45, 7) is 0.378. The van der Waals surface area contributed by atoms with Gasteiger partial charge in [-0.2, -0.15) is 5.10 Å². The van der Waals surface area contributed by atoms with Gasteiger partial charge in [0.15, 0.2) is 11.5 Å². The summed E-state index contributed by atoms with van der Waals surface area (Å²) in [6.07, 6.45) is 3.53. The fourth-order valence-electron chi connectivity index (χ4n) is 1.07. The molecule has 15 heavy (non-hydrogen) atoms. The molecule has 0 saturated heterocycles. The van der Waals surface area contributed by atoms with Crippen molar-refractivity contribution in [1.29, 1.82) is 0 Å². The Morgan fingerprint density at radius 1 is 1.67 bits per heavy atom. The van der Waals surface area contributed by atoms with Gasteiger partial charge < -0.3 is 9.63 Å². The van der Waals surface area contributed by atoms with E-state index in [1.54, 1.807) is 10.9 Å². The molecule has 0 aliphatic carbocycles. The second kappa shape index (κ2) is 4.01. The predicted molar refractivity (Wildman–Crippen MR) is 57.5 cm³/mol. The highest BCUT2D eigenvalue weighted by Crippen LogP contribution is 2.07. The van der Waals surface area contributed by atoms with Crippen molar-refractivity contribution in [2.24, 2.45) is 0 Å². The van der Waals surface area contributed by atoms with Crippen LogP contribution in [-0.2, 0) is 6.54 Å². The lowest BCUT2D eigenvalue weighted by molar-refractivity contribution is 0.0685. The summed E-state index contributed by atoms with van der Waals surface area (Å²) in [6, 6.07) is 1.39. The lowest BCUT2D eigenvalue weighted by Crippen LogP contribution is -1.98. The van der Waals surface area contributed by atoms with E-state index in [1.165, 1.54) is 6.07 Å². The molecule has 6 nitrogen and oxygen atoms in total. The van der Waals surface area contributed by atoms with Gasteiger partial charge in [-0.15, -0.1) is 0 Å². The highest BCUT2D eigenvalue weighted by atomic mass is 127. The molecule has 0 aliphatic rings. The summed E-state index contributed by atoms with van der Waals surface area (Å²) in [5.74, 6) is -0.632. The Labute approximate surface area is 98.0 Å². The number of rotatable bonds is 3. The van der Waals surface area contributed by atoms with Gasteiger partial charge >= 0.3 is 5.97 Å². The van der Waals surface area contributed by atoms with Crippen LogP contribution in [0.1, 0.15) is 16.2 Å². The molecule has 2 aromatic rings. The number of halogens is 1. The molecule has 0 aliphatic heterocycles. The molecule has 2 heterocycles. The third kappa shape index (κ3) is 2.35. The molecule has 78 valence electrons. The molecule has 0 fully saturated rings. The highest BCUT2D eigenvalue weighted by Gasteiger charge is 2.10. The highest BCUT2D eigenvalue weighted by molar-refractivity contribution is 14.1. The number of aromatic nitrogens is 3. The Morgan fingerprint density at radius 3 is 3.00 bits per heavy atom. The Kier molecular flexibility index (Phi) is 2.71. The average molecular weight is 319 g/mol. The van der Waals surface area contributed by atoms with E-state index in [1.807, 2.05) is 6.20 Å². The van der Waals surface area contributed by atoms with E-state index in [0.717, 1.165) is 3.57 Å². The monoisotopic (exact) mass is 319 g/mol. The number of nitrogens with zero attached hydrogens (tertiary/aromatic N) is 3. The van der Waals surface area contributed by atoms with Crippen LogP contribution in [0.2, 0.25) is 0 Å². The van der Waals surface area contributed by atoms with Crippen LogP contribution >= 0.6 is 22.6 Å². The molecule has 0 amide bonds. The van der Waals surface area contributed by atoms with Gasteiger partial charge in [-0.05, 0) is 22.6 Å². The summed E-state index contributed by atoms with van der Waals surface area (Å²) in [5.41, 5.74) is -0.0909. The first-order chi connectivity index (χ1) is 7.15. The average Bonchev–Trinajstić information content (AvgIpc) is 2.76. The third-order valence-corrected chi connectivity index (χ3v) is 2.25. The molecule has 0 unspecified atom stereocenters. The first-order valence-corrected chi connectivity index (χ1v) is 5.10. The third-order valence-electron chi connectivity index (χ3n) is 1.70. The largest absolute Gasteiger partial charge is 0.476 e. The van der Waals surface area contributed by atoms with E-state index >= 15 is 0 Å². The van der Waals surface area contributed by atoms with E-state index in [4.69, 9.17) is 9.63 Å². The number of hydrogen-bond donors (Lipinski definition) is 1. The number of carbonyl (C=O) groups is 1. The zero-order chi connectivity index (χ0) is 10.8. The van der Waals surface area contributed by atoms with Crippen molar-refractivity contribution >= 4 is 28.6 Å². The molecular formula is C8H6IN3O3. The van der Waals surface area contributed by atoms with Gasteiger partial charge in [-0.1, -0.05) is 5.16 Å². The number of hydrogen-bond acceptors (Lipinski definition) is 4. The van der Waals surface area contributed by atoms with Crippen LogP contribution in [0.3, 0.4) is 0 Å². The fourth-order valence-corrected chi connectivity index (χ4v) is 1.52. The van der Waals surface area contributed by atoms with Crippen LogP contribution < -0.4 is 0 Å². The molecule has 2 rings (SSSR count). The van der Waals surface area contributed by atoms with Crippen molar-refractivity contribution in [1.82, 2.24) is 14.9 Å². The molecule has 0 radical (unpaired) electrons. The number of carboxylic acid groups (broad SMARTS) is 1. The zero-order valence-corrected chi connectivity index (χ0v) is 9.58. The van der Waals surface area contributed by atoms with Crippen molar-refractivity contribution in [2.75, 3.05) is 0 Å². The quantitative estimate of drug-likeness (QED) is 0.861. The molecule has 0 spiro atoms. The summed E-state index contributed by atoms with van der Waals surface area (Å²) in [4.78, 5) is 10.5. The summed E-state index contributed by atoms with van der Waals surface area (Å²) < 4.78 is 7.50. The minimum Gasteiger partial charge on any atom is -0.476 e. The minimum absolute atomic E-state index is 0.0909. The van der Waals surface area contributed by atoms with Crippen molar-refractivity contribution in [3.8, 4) is 0 Å². The van der Waals surface area contributed by atoms with Gasteiger partial charge in [-0.25, -0.2) is 4.79 Å². The molecular weight excluding hydrogens is 313 g/mol. The molecule has 7 heteroatoms. The lowest BCUT2D eigenvalue weighted by Gasteiger charge is -1.93. The molecule has 0 bridgehead atoms. The number of carboxylic acids is 1. The summed E-state index contributed by atoms with van der Waals surface area (Å²) >= 11 is 2.14.